The van der Waals surface area contributed by atoms with Crippen LogP contribution in [0.25, 0.3) is 0 Å². The maximum absolute atomic E-state index is 12.1. The summed E-state index contributed by atoms with van der Waals surface area (Å²) in [6.07, 6.45) is 0.364. The van der Waals surface area contributed by atoms with Crippen LogP contribution in [0, 0.1) is 5.92 Å². The molecule has 1 aromatic rings. The summed E-state index contributed by atoms with van der Waals surface area (Å²) in [5.74, 6) is -1.06. The van der Waals surface area contributed by atoms with Gasteiger partial charge in [-0.05, 0) is 39.2 Å². The summed E-state index contributed by atoms with van der Waals surface area (Å²) in [5.41, 5.74) is 0.414. The summed E-state index contributed by atoms with van der Waals surface area (Å²) in [7, 11) is 0. The highest BCUT2D eigenvalue weighted by atomic mass is 16.6. The summed E-state index contributed by atoms with van der Waals surface area (Å²) in [5, 5.41) is 10.4. The lowest BCUT2D eigenvalue weighted by atomic mass is 9.88. The number of aliphatic hydroxyl groups is 1. The van der Waals surface area contributed by atoms with Crippen LogP contribution in [0.1, 0.15) is 52.5 Å². The maximum atomic E-state index is 12.1. The summed E-state index contributed by atoms with van der Waals surface area (Å²) < 4.78 is 5.33. The molecule has 0 aliphatic carbocycles. The summed E-state index contributed by atoms with van der Waals surface area (Å²) >= 11 is 0. The molecule has 1 N–H and O–H groups in total. The highest BCUT2D eigenvalue weighted by Crippen LogP contribution is 2.21. The van der Waals surface area contributed by atoms with E-state index in [4.69, 9.17) is 4.74 Å². The van der Waals surface area contributed by atoms with Crippen LogP contribution in [-0.2, 0) is 20.7 Å². The van der Waals surface area contributed by atoms with Gasteiger partial charge in [-0.25, -0.2) is 0 Å². The lowest BCUT2D eigenvalue weighted by Crippen LogP contribution is -2.34. The van der Waals surface area contributed by atoms with Crippen molar-refractivity contribution in [3.05, 3.63) is 35.9 Å². The average Bonchev–Trinajstić information content (AvgIpc) is 2.45. The lowest BCUT2D eigenvalue weighted by Gasteiger charge is -2.24. The molecule has 0 heterocycles. The number of aliphatic hydroxyl groups excluding tert-OH is 1. The fourth-order valence-electron chi connectivity index (χ4n) is 2.47. The molecule has 0 bridgehead atoms. The largest absolute Gasteiger partial charge is 0.460 e. The Morgan fingerprint density at radius 3 is 2.30 bits per heavy atom. The van der Waals surface area contributed by atoms with Gasteiger partial charge in [0.05, 0.1) is 6.42 Å². The van der Waals surface area contributed by atoms with Crippen LogP contribution in [0.2, 0.25) is 0 Å². The Labute approximate surface area is 138 Å². The van der Waals surface area contributed by atoms with E-state index in [1.165, 1.54) is 0 Å². The Morgan fingerprint density at radius 2 is 1.78 bits per heavy atom. The molecule has 1 aromatic carbocycles. The molecule has 0 fully saturated rings. The van der Waals surface area contributed by atoms with Gasteiger partial charge in [0.2, 0.25) is 0 Å². The number of benzene rings is 1. The molecule has 1 rings (SSSR count). The van der Waals surface area contributed by atoms with E-state index in [9.17, 15) is 14.7 Å². The van der Waals surface area contributed by atoms with Crippen LogP contribution >= 0.6 is 0 Å². The standard InChI is InChI=1S/C19H28O4/c1-5-9-16(20)18(22)15(12-14-10-7-6-8-11-14)13-17(21)23-19(2,3)4/h6-8,10-11,15,18,22H,5,9,12-13H2,1-4H3/t15-,18?/m1/s1. The van der Waals surface area contributed by atoms with E-state index in [1.54, 1.807) is 20.8 Å². The van der Waals surface area contributed by atoms with Crippen LogP contribution in [0.3, 0.4) is 0 Å². The number of esters is 1. The zero-order chi connectivity index (χ0) is 17.5. The van der Waals surface area contributed by atoms with Crippen LogP contribution in [0.5, 0.6) is 0 Å². The number of carbonyl (C=O) groups excluding carboxylic acids is 2. The van der Waals surface area contributed by atoms with E-state index < -0.39 is 17.6 Å². The number of ether oxygens (including phenoxy) is 1. The van der Waals surface area contributed by atoms with Crippen LogP contribution in [-0.4, -0.2) is 28.6 Å². The van der Waals surface area contributed by atoms with Crippen molar-refractivity contribution < 1.29 is 19.4 Å². The van der Waals surface area contributed by atoms with E-state index in [0.717, 1.165) is 5.56 Å². The van der Waals surface area contributed by atoms with Crippen molar-refractivity contribution in [3.63, 3.8) is 0 Å². The summed E-state index contributed by atoms with van der Waals surface area (Å²) in [6.45, 7) is 7.30. The van der Waals surface area contributed by atoms with Gasteiger partial charge in [-0.1, -0.05) is 37.3 Å². The highest BCUT2D eigenvalue weighted by molar-refractivity contribution is 5.84. The number of hydrogen-bond donors (Lipinski definition) is 1. The number of hydrogen-bond acceptors (Lipinski definition) is 4. The van der Waals surface area contributed by atoms with E-state index in [-0.39, 0.29) is 18.2 Å². The van der Waals surface area contributed by atoms with Crippen molar-refractivity contribution in [3.8, 4) is 0 Å². The van der Waals surface area contributed by atoms with Gasteiger partial charge in [-0.15, -0.1) is 0 Å². The van der Waals surface area contributed by atoms with Crippen LogP contribution in [0.4, 0.5) is 0 Å². The van der Waals surface area contributed by atoms with Crippen molar-refractivity contribution in [2.45, 2.75) is 65.1 Å². The third-order valence-electron chi connectivity index (χ3n) is 3.46. The minimum absolute atomic E-state index is 0.0305. The number of Topliss-reactive ketones (excluding diaryl/α,β-unsaturated/α-hetero) is 1. The molecule has 0 spiro atoms. The van der Waals surface area contributed by atoms with Gasteiger partial charge >= 0.3 is 5.97 Å². The van der Waals surface area contributed by atoms with Crippen molar-refractivity contribution in [1.29, 1.82) is 0 Å². The Morgan fingerprint density at radius 1 is 1.17 bits per heavy atom. The highest BCUT2D eigenvalue weighted by Gasteiger charge is 2.29. The smallest absolute Gasteiger partial charge is 0.306 e. The first-order chi connectivity index (χ1) is 10.7. The molecule has 1 unspecified atom stereocenters. The normalized spacial score (nSPS) is 14.1. The molecular formula is C19H28O4. The van der Waals surface area contributed by atoms with E-state index in [0.29, 0.717) is 19.3 Å². The molecular weight excluding hydrogens is 292 g/mol. The maximum Gasteiger partial charge on any atom is 0.306 e. The van der Waals surface area contributed by atoms with E-state index in [1.807, 2.05) is 37.3 Å². The molecule has 128 valence electrons. The Bertz CT molecular complexity index is 502. The minimum Gasteiger partial charge on any atom is -0.460 e. The first-order valence-electron chi connectivity index (χ1n) is 8.19. The van der Waals surface area contributed by atoms with Crippen molar-refractivity contribution >= 4 is 11.8 Å². The molecule has 4 heteroatoms. The summed E-state index contributed by atoms with van der Waals surface area (Å²) in [6, 6.07) is 9.57. The van der Waals surface area contributed by atoms with Crippen molar-refractivity contribution in [2.75, 3.05) is 0 Å². The lowest BCUT2D eigenvalue weighted by molar-refractivity contribution is -0.157. The fraction of sp³-hybridized carbons (Fsp3) is 0.579. The molecule has 23 heavy (non-hydrogen) atoms. The van der Waals surface area contributed by atoms with Gasteiger partial charge in [-0.3, -0.25) is 9.59 Å². The quantitative estimate of drug-likeness (QED) is 0.746. The number of ketones is 1. The van der Waals surface area contributed by atoms with Crippen LogP contribution in [0.15, 0.2) is 30.3 Å². The van der Waals surface area contributed by atoms with Gasteiger partial charge in [-0.2, -0.15) is 0 Å². The predicted molar refractivity (Wildman–Crippen MR) is 90.0 cm³/mol. The third-order valence-corrected chi connectivity index (χ3v) is 3.46. The average molecular weight is 320 g/mol. The van der Waals surface area contributed by atoms with E-state index >= 15 is 0 Å². The summed E-state index contributed by atoms with van der Waals surface area (Å²) in [4.78, 5) is 24.1. The van der Waals surface area contributed by atoms with Gasteiger partial charge in [0.1, 0.15) is 11.7 Å². The Balaban J connectivity index is 2.83. The second kappa shape index (κ2) is 8.82. The van der Waals surface area contributed by atoms with Crippen molar-refractivity contribution in [1.82, 2.24) is 0 Å². The molecule has 0 saturated carbocycles. The molecule has 0 radical (unpaired) electrons. The second-order valence-electron chi connectivity index (χ2n) is 6.90. The molecule has 0 aromatic heterocycles. The van der Waals surface area contributed by atoms with Crippen LogP contribution < -0.4 is 0 Å². The molecule has 0 saturated heterocycles. The van der Waals surface area contributed by atoms with Gasteiger partial charge in [0.15, 0.2) is 5.78 Å². The number of rotatable bonds is 8. The molecule has 0 aliphatic heterocycles. The molecule has 0 aliphatic rings. The van der Waals surface area contributed by atoms with Gasteiger partial charge in [0, 0.05) is 12.3 Å². The Kier molecular flexibility index (Phi) is 7.43. The first-order valence-corrected chi connectivity index (χ1v) is 8.19. The third kappa shape index (κ3) is 7.42. The first kappa shape index (κ1) is 19.4. The minimum atomic E-state index is -1.14. The molecule has 0 amide bonds. The second-order valence-corrected chi connectivity index (χ2v) is 6.90. The van der Waals surface area contributed by atoms with E-state index in [2.05, 4.69) is 0 Å². The van der Waals surface area contributed by atoms with Gasteiger partial charge in [0.25, 0.3) is 0 Å². The number of carbonyl (C=O) groups is 2. The van der Waals surface area contributed by atoms with Crippen molar-refractivity contribution in [2.24, 2.45) is 5.92 Å². The fourth-order valence-corrected chi connectivity index (χ4v) is 2.47. The molecule has 2 atom stereocenters. The topological polar surface area (TPSA) is 63.6 Å². The zero-order valence-electron chi connectivity index (χ0n) is 14.5. The van der Waals surface area contributed by atoms with Gasteiger partial charge < -0.3 is 9.84 Å². The monoisotopic (exact) mass is 320 g/mol. The predicted octanol–water partition coefficient (Wildman–Crippen LogP) is 3.31. The molecule has 4 nitrogen and oxygen atoms in total. The zero-order valence-corrected chi connectivity index (χ0v) is 14.5. The SMILES string of the molecule is CCCC(=O)C(O)[C@@H](CC(=O)OC(C)(C)C)Cc1ccccc1. The Hall–Kier alpha value is -1.68.